The molecule has 2 aromatic heterocycles. The summed E-state index contributed by atoms with van der Waals surface area (Å²) in [4.78, 5) is 9.03. The summed E-state index contributed by atoms with van der Waals surface area (Å²) in [5.41, 5.74) is 2.33. The zero-order valence-electron chi connectivity index (χ0n) is 12.4. The molecular formula is C17H19N3. The molecule has 102 valence electrons. The van der Waals surface area contributed by atoms with Crippen LogP contribution in [-0.2, 0) is 5.41 Å². The summed E-state index contributed by atoms with van der Waals surface area (Å²) in [6.07, 6.45) is 3.70. The molecular weight excluding hydrogens is 246 g/mol. The standard InChI is InChI=1S/C17H19N3/c1-17(2,3)14-9-11-5-6-12-10-19-8-7-13(12)15(11)20-16(14)18-4/h5-10H,1-4H3,(H,18,20). The quantitative estimate of drug-likeness (QED) is 0.672. The molecule has 0 radical (unpaired) electrons. The third kappa shape index (κ3) is 1.99. The minimum absolute atomic E-state index is 0.0622. The molecule has 0 saturated heterocycles. The third-order valence-corrected chi connectivity index (χ3v) is 3.65. The Bertz CT molecular complexity index is 785. The lowest BCUT2D eigenvalue weighted by molar-refractivity contribution is 0.591. The van der Waals surface area contributed by atoms with E-state index in [2.05, 4.69) is 49.3 Å². The molecule has 1 aromatic carbocycles. The van der Waals surface area contributed by atoms with Crippen LogP contribution in [0.1, 0.15) is 26.3 Å². The van der Waals surface area contributed by atoms with E-state index >= 15 is 0 Å². The zero-order valence-corrected chi connectivity index (χ0v) is 12.4. The van der Waals surface area contributed by atoms with Gasteiger partial charge in [-0.05, 0) is 17.5 Å². The molecule has 2 heterocycles. The first-order chi connectivity index (χ1) is 9.50. The van der Waals surface area contributed by atoms with Crippen molar-refractivity contribution in [3.05, 3.63) is 42.2 Å². The van der Waals surface area contributed by atoms with Gasteiger partial charge < -0.3 is 5.32 Å². The fourth-order valence-corrected chi connectivity index (χ4v) is 2.57. The van der Waals surface area contributed by atoms with Crippen LogP contribution in [0.2, 0.25) is 0 Å². The van der Waals surface area contributed by atoms with Crippen LogP contribution in [0.3, 0.4) is 0 Å². The van der Waals surface area contributed by atoms with E-state index in [4.69, 9.17) is 4.98 Å². The Morgan fingerprint density at radius 2 is 1.80 bits per heavy atom. The van der Waals surface area contributed by atoms with Crippen molar-refractivity contribution in [1.29, 1.82) is 0 Å². The number of pyridine rings is 2. The Labute approximate surface area is 119 Å². The van der Waals surface area contributed by atoms with Crippen LogP contribution in [-0.4, -0.2) is 17.0 Å². The number of nitrogens with one attached hydrogen (secondary N) is 1. The van der Waals surface area contributed by atoms with E-state index in [0.29, 0.717) is 0 Å². The molecule has 3 rings (SSSR count). The summed E-state index contributed by atoms with van der Waals surface area (Å²) in [5, 5.41) is 6.68. The Hall–Kier alpha value is -2.16. The largest absolute Gasteiger partial charge is 0.373 e. The zero-order chi connectivity index (χ0) is 14.3. The maximum atomic E-state index is 4.85. The summed E-state index contributed by atoms with van der Waals surface area (Å²) < 4.78 is 0. The van der Waals surface area contributed by atoms with Gasteiger partial charge in [0.1, 0.15) is 5.82 Å². The molecule has 3 aromatic rings. The van der Waals surface area contributed by atoms with Crippen LogP contribution < -0.4 is 5.32 Å². The van der Waals surface area contributed by atoms with Gasteiger partial charge in [0.2, 0.25) is 0 Å². The minimum atomic E-state index is 0.0622. The van der Waals surface area contributed by atoms with E-state index in [1.807, 2.05) is 25.5 Å². The molecule has 0 fully saturated rings. The molecule has 0 aliphatic carbocycles. The van der Waals surface area contributed by atoms with Crippen LogP contribution in [0.5, 0.6) is 0 Å². The number of anilines is 1. The highest BCUT2D eigenvalue weighted by Gasteiger charge is 2.20. The van der Waals surface area contributed by atoms with Gasteiger partial charge in [-0.3, -0.25) is 4.98 Å². The number of benzene rings is 1. The highest BCUT2D eigenvalue weighted by atomic mass is 15.0. The van der Waals surface area contributed by atoms with Crippen molar-refractivity contribution in [2.24, 2.45) is 0 Å². The summed E-state index contributed by atoms with van der Waals surface area (Å²) in [6, 6.07) is 8.51. The number of aromatic nitrogens is 2. The Morgan fingerprint density at radius 1 is 1.05 bits per heavy atom. The second-order valence-electron chi connectivity index (χ2n) is 6.12. The lowest BCUT2D eigenvalue weighted by Crippen LogP contribution is -2.15. The van der Waals surface area contributed by atoms with Crippen molar-refractivity contribution >= 4 is 27.5 Å². The van der Waals surface area contributed by atoms with Crippen molar-refractivity contribution in [2.75, 3.05) is 12.4 Å². The van der Waals surface area contributed by atoms with Gasteiger partial charge in [0.15, 0.2) is 0 Å². The molecule has 1 N–H and O–H groups in total. The fraction of sp³-hybridized carbons (Fsp3) is 0.294. The van der Waals surface area contributed by atoms with Gasteiger partial charge in [-0.25, -0.2) is 4.98 Å². The molecule has 0 aliphatic rings. The molecule has 20 heavy (non-hydrogen) atoms. The lowest BCUT2D eigenvalue weighted by atomic mass is 9.86. The molecule has 0 amide bonds. The first kappa shape index (κ1) is 12.9. The molecule has 0 bridgehead atoms. The van der Waals surface area contributed by atoms with E-state index in [1.54, 1.807) is 0 Å². The summed E-state index contributed by atoms with van der Waals surface area (Å²) in [5.74, 6) is 0.953. The first-order valence-corrected chi connectivity index (χ1v) is 6.86. The van der Waals surface area contributed by atoms with Crippen LogP contribution in [0, 0.1) is 0 Å². The van der Waals surface area contributed by atoms with Gasteiger partial charge in [-0.15, -0.1) is 0 Å². The second kappa shape index (κ2) is 4.44. The van der Waals surface area contributed by atoms with E-state index in [0.717, 1.165) is 22.1 Å². The summed E-state index contributed by atoms with van der Waals surface area (Å²) in [6.45, 7) is 6.63. The predicted octanol–water partition coefficient (Wildman–Crippen LogP) is 4.12. The van der Waals surface area contributed by atoms with E-state index in [1.165, 1.54) is 10.9 Å². The maximum absolute atomic E-state index is 4.85. The molecule has 0 unspecified atom stereocenters. The summed E-state index contributed by atoms with van der Waals surface area (Å²) >= 11 is 0. The lowest BCUT2D eigenvalue weighted by Gasteiger charge is -2.22. The average Bonchev–Trinajstić information content (AvgIpc) is 2.44. The van der Waals surface area contributed by atoms with E-state index in [9.17, 15) is 0 Å². The van der Waals surface area contributed by atoms with E-state index in [-0.39, 0.29) is 5.41 Å². The van der Waals surface area contributed by atoms with Gasteiger partial charge in [-0.1, -0.05) is 32.9 Å². The van der Waals surface area contributed by atoms with Crippen LogP contribution >= 0.6 is 0 Å². The van der Waals surface area contributed by atoms with Crippen LogP contribution in [0.15, 0.2) is 36.7 Å². The van der Waals surface area contributed by atoms with Crippen LogP contribution in [0.4, 0.5) is 5.82 Å². The van der Waals surface area contributed by atoms with Gasteiger partial charge in [0, 0.05) is 41.2 Å². The number of hydrogen-bond donors (Lipinski definition) is 1. The predicted molar refractivity (Wildman–Crippen MR) is 85.3 cm³/mol. The monoisotopic (exact) mass is 265 g/mol. The number of hydrogen-bond acceptors (Lipinski definition) is 3. The Morgan fingerprint density at radius 3 is 2.50 bits per heavy atom. The van der Waals surface area contributed by atoms with Crippen molar-refractivity contribution in [1.82, 2.24) is 9.97 Å². The Kier molecular flexibility index (Phi) is 2.85. The van der Waals surface area contributed by atoms with E-state index < -0.39 is 0 Å². The third-order valence-electron chi connectivity index (χ3n) is 3.65. The highest BCUT2D eigenvalue weighted by Crippen LogP contribution is 2.33. The molecule has 3 heteroatoms. The SMILES string of the molecule is CNc1nc2c(ccc3cnccc32)cc1C(C)(C)C. The topological polar surface area (TPSA) is 37.8 Å². The number of nitrogens with zero attached hydrogens (tertiary/aromatic N) is 2. The second-order valence-corrected chi connectivity index (χ2v) is 6.12. The molecule has 0 aliphatic heterocycles. The summed E-state index contributed by atoms with van der Waals surface area (Å²) in [7, 11) is 1.93. The van der Waals surface area contributed by atoms with Gasteiger partial charge in [0.25, 0.3) is 0 Å². The van der Waals surface area contributed by atoms with Gasteiger partial charge >= 0.3 is 0 Å². The molecule has 0 spiro atoms. The van der Waals surface area contributed by atoms with Crippen molar-refractivity contribution in [3.63, 3.8) is 0 Å². The smallest absolute Gasteiger partial charge is 0.130 e. The minimum Gasteiger partial charge on any atom is -0.373 e. The molecule has 0 atom stereocenters. The maximum Gasteiger partial charge on any atom is 0.130 e. The average molecular weight is 265 g/mol. The fourth-order valence-electron chi connectivity index (χ4n) is 2.57. The molecule has 3 nitrogen and oxygen atoms in total. The Balaban J connectivity index is 2.41. The van der Waals surface area contributed by atoms with Crippen molar-refractivity contribution in [2.45, 2.75) is 26.2 Å². The van der Waals surface area contributed by atoms with Gasteiger partial charge in [0.05, 0.1) is 5.52 Å². The number of fused-ring (bicyclic) bond motifs is 3. The highest BCUT2D eigenvalue weighted by molar-refractivity contribution is 6.05. The van der Waals surface area contributed by atoms with Crippen molar-refractivity contribution < 1.29 is 0 Å². The number of rotatable bonds is 1. The van der Waals surface area contributed by atoms with Crippen molar-refractivity contribution in [3.8, 4) is 0 Å². The molecule has 0 saturated carbocycles. The normalized spacial score (nSPS) is 12.0. The first-order valence-electron chi connectivity index (χ1n) is 6.86. The van der Waals surface area contributed by atoms with Gasteiger partial charge in [-0.2, -0.15) is 0 Å². The van der Waals surface area contributed by atoms with Crippen LogP contribution in [0.25, 0.3) is 21.7 Å².